The molecule has 1 N–H and O–H groups in total. The molecule has 1 amide bonds. The Balaban J connectivity index is 1.73. The third-order valence-electron chi connectivity index (χ3n) is 5.16. The Morgan fingerprint density at radius 3 is 2.90 bits per heavy atom. The molecule has 1 saturated heterocycles. The van der Waals surface area contributed by atoms with Gasteiger partial charge in [0, 0.05) is 35.6 Å². The Labute approximate surface area is 182 Å². The zero-order valence-electron chi connectivity index (χ0n) is 16.2. The Morgan fingerprint density at radius 2 is 2.24 bits per heavy atom. The second-order valence-corrected chi connectivity index (χ2v) is 10.9. The van der Waals surface area contributed by atoms with Crippen LogP contribution in [0.1, 0.15) is 32.6 Å². The zero-order valence-corrected chi connectivity index (χ0v) is 19.1. The van der Waals surface area contributed by atoms with Crippen LogP contribution in [0.15, 0.2) is 18.3 Å². The van der Waals surface area contributed by atoms with E-state index in [-0.39, 0.29) is 18.8 Å². The maximum Gasteiger partial charge on any atom is 0.264 e. The van der Waals surface area contributed by atoms with Gasteiger partial charge in [-0.3, -0.25) is 9.48 Å². The first-order valence-corrected chi connectivity index (χ1v) is 12.2. The van der Waals surface area contributed by atoms with Gasteiger partial charge in [-0.25, -0.2) is 23.1 Å². The molecule has 2 atom stereocenters. The lowest BCUT2D eigenvalue weighted by Crippen LogP contribution is -2.51. The zero-order chi connectivity index (χ0) is 21.2. The monoisotopic (exact) mass is 539 g/mol. The third-order valence-corrected chi connectivity index (χ3v) is 8.02. The topological polar surface area (TPSA) is 99.5 Å². The van der Waals surface area contributed by atoms with Gasteiger partial charge in [0.05, 0.1) is 10.9 Å². The molecule has 0 unspecified atom stereocenters. The number of nitrogens with zero attached hydrogens (tertiary/aromatic N) is 2. The summed E-state index contributed by atoms with van der Waals surface area (Å²) in [4.78, 5) is 17.9. The highest BCUT2D eigenvalue weighted by molar-refractivity contribution is 14.1. The summed E-state index contributed by atoms with van der Waals surface area (Å²) in [6.45, 7) is 1.99. The van der Waals surface area contributed by atoms with E-state index in [0.717, 1.165) is 19.1 Å². The standard InChI is InChI=1S/C18H23FIN3O5S/c1-18(29(2,25)26,17(24)22-28-15-5-3-4-10-27-15)8-9-23-11-12-14(21-23)7-6-13(20)16(12)19/h6-7,11,15H,3-5,8-10H2,1-2H3,(H,22,24)/t15-,18+/m0/s1. The minimum atomic E-state index is -3.78. The van der Waals surface area contributed by atoms with Crippen LogP contribution in [0.25, 0.3) is 10.9 Å². The van der Waals surface area contributed by atoms with Gasteiger partial charge in [0.2, 0.25) is 0 Å². The van der Waals surface area contributed by atoms with Crippen molar-refractivity contribution in [3.05, 3.63) is 27.7 Å². The van der Waals surface area contributed by atoms with Crippen LogP contribution >= 0.6 is 22.6 Å². The fraction of sp³-hybridized carbons (Fsp3) is 0.556. The number of benzene rings is 1. The molecule has 11 heteroatoms. The number of ether oxygens (including phenoxy) is 1. The highest BCUT2D eigenvalue weighted by Crippen LogP contribution is 2.25. The summed E-state index contributed by atoms with van der Waals surface area (Å²) in [6.07, 6.45) is 4.34. The number of hydroxylamine groups is 1. The van der Waals surface area contributed by atoms with Crippen molar-refractivity contribution in [1.82, 2.24) is 15.3 Å². The number of rotatable bonds is 7. The van der Waals surface area contributed by atoms with E-state index in [0.29, 0.717) is 27.5 Å². The van der Waals surface area contributed by atoms with Gasteiger partial charge in [-0.1, -0.05) is 0 Å². The Hall–Kier alpha value is -1.31. The van der Waals surface area contributed by atoms with Crippen molar-refractivity contribution in [1.29, 1.82) is 0 Å². The minimum Gasteiger partial charge on any atom is -0.350 e. The van der Waals surface area contributed by atoms with Crippen LogP contribution in [-0.2, 0) is 30.8 Å². The molecule has 1 aromatic heterocycles. The van der Waals surface area contributed by atoms with Gasteiger partial charge in [-0.2, -0.15) is 5.10 Å². The van der Waals surface area contributed by atoms with Crippen LogP contribution in [0, 0.1) is 9.39 Å². The normalized spacial score (nSPS) is 19.8. The van der Waals surface area contributed by atoms with Crippen LogP contribution in [0.3, 0.4) is 0 Å². The van der Waals surface area contributed by atoms with Crippen molar-refractivity contribution in [2.45, 2.75) is 50.2 Å². The summed E-state index contributed by atoms with van der Waals surface area (Å²) in [5.74, 6) is -1.15. The average Bonchev–Trinajstić information content (AvgIpc) is 3.11. The van der Waals surface area contributed by atoms with E-state index in [1.165, 1.54) is 17.8 Å². The van der Waals surface area contributed by atoms with Crippen LogP contribution in [0.4, 0.5) is 4.39 Å². The number of sulfone groups is 1. The summed E-state index contributed by atoms with van der Waals surface area (Å²) >= 11 is 1.89. The maximum absolute atomic E-state index is 14.2. The smallest absolute Gasteiger partial charge is 0.264 e. The summed E-state index contributed by atoms with van der Waals surface area (Å²) in [7, 11) is -3.78. The molecule has 1 fully saturated rings. The quantitative estimate of drug-likeness (QED) is 0.429. The summed E-state index contributed by atoms with van der Waals surface area (Å²) in [5, 5.41) is 4.62. The predicted molar refractivity (Wildman–Crippen MR) is 113 cm³/mol. The molecule has 160 valence electrons. The number of carbonyl (C=O) groups excluding carboxylic acids is 1. The number of aromatic nitrogens is 2. The van der Waals surface area contributed by atoms with Crippen molar-refractivity contribution >= 4 is 49.2 Å². The highest BCUT2D eigenvalue weighted by atomic mass is 127. The Bertz CT molecular complexity index is 1010. The van der Waals surface area contributed by atoms with Gasteiger partial charge < -0.3 is 4.74 Å². The summed E-state index contributed by atoms with van der Waals surface area (Å²) < 4.78 is 44.6. The van der Waals surface area contributed by atoms with Crippen molar-refractivity contribution in [3.63, 3.8) is 0 Å². The van der Waals surface area contributed by atoms with Gasteiger partial charge in [-0.15, -0.1) is 0 Å². The molecular formula is C18H23FIN3O5S. The van der Waals surface area contributed by atoms with E-state index in [9.17, 15) is 17.6 Å². The molecule has 0 spiro atoms. The molecule has 0 radical (unpaired) electrons. The van der Waals surface area contributed by atoms with Crippen molar-refractivity contribution < 1.29 is 27.2 Å². The van der Waals surface area contributed by atoms with Gasteiger partial charge >= 0.3 is 0 Å². The second-order valence-electron chi connectivity index (χ2n) is 7.28. The van der Waals surface area contributed by atoms with Gasteiger partial charge in [0.1, 0.15) is 5.82 Å². The Kier molecular flexibility index (Phi) is 6.81. The fourth-order valence-electron chi connectivity index (χ4n) is 3.02. The number of hydrogen-bond donors (Lipinski definition) is 1. The molecule has 2 heterocycles. The summed E-state index contributed by atoms with van der Waals surface area (Å²) in [5.41, 5.74) is 2.71. The van der Waals surface area contributed by atoms with E-state index in [1.807, 2.05) is 22.6 Å². The van der Waals surface area contributed by atoms with E-state index in [1.54, 1.807) is 12.1 Å². The molecule has 2 aromatic rings. The highest BCUT2D eigenvalue weighted by Gasteiger charge is 2.44. The van der Waals surface area contributed by atoms with E-state index in [4.69, 9.17) is 9.57 Å². The third kappa shape index (κ3) is 4.89. The number of amides is 1. The maximum atomic E-state index is 14.2. The SMILES string of the molecule is C[C@@](CCn1cc2c(F)c(I)ccc2n1)(C(=O)NO[C@H]1CCCCO1)S(C)(=O)=O. The van der Waals surface area contributed by atoms with Crippen molar-refractivity contribution in [2.75, 3.05) is 12.9 Å². The van der Waals surface area contributed by atoms with Crippen LogP contribution < -0.4 is 5.48 Å². The minimum absolute atomic E-state index is 0.0563. The van der Waals surface area contributed by atoms with Crippen molar-refractivity contribution in [2.24, 2.45) is 0 Å². The number of fused-ring (bicyclic) bond motifs is 1. The van der Waals surface area contributed by atoms with Gasteiger partial charge in [0.15, 0.2) is 20.9 Å². The van der Waals surface area contributed by atoms with Gasteiger partial charge in [0.25, 0.3) is 5.91 Å². The van der Waals surface area contributed by atoms with Gasteiger partial charge in [-0.05, 0) is 60.9 Å². The number of aryl methyl sites for hydroxylation is 1. The lowest BCUT2D eigenvalue weighted by Gasteiger charge is -2.28. The molecule has 29 heavy (non-hydrogen) atoms. The number of hydrogen-bond acceptors (Lipinski definition) is 6. The summed E-state index contributed by atoms with van der Waals surface area (Å²) in [6, 6.07) is 3.31. The van der Waals surface area contributed by atoms with Crippen LogP contribution in [0.5, 0.6) is 0 Å². The number of nitrogens with one attached hydrogen (secondary N) is 1. The molecule has 0 saturated carbocycles. The lowest BCUT2D eigenvalue weighted by molar-refractivity contribution is -0.201. The lowest BCUT2D eigenvalue weighted by atomic mass is 10.1. The Morgan fingerprint density at radius 1 is 1.48 bits per heavy atom. The van der Waals surface area contributed by atoms with Crippen molar-refractivity contribution in [3.8, 4) is 0 Å². The molecule has 0 aliphatic carbocycles. The predicted octanol–water partition coefficient (Wildman–Crippen LogP) is 2.55. The molecule has 8 nitrogen and oxygen atoms in total. The molecule has 3 rings (SSSR count). The number of carbonyl (C=O) groups is 1. The first-order valence-electron chi connectivity index (χ1n) is 9.20. The first kappa shape index (κ1) is 22.4. The molecule has 0 bridgehead atoms. The molecular weight excluding hydrogens is 516 g/mol. The largest absolute Gasteiger partial charge is 0.350 e. The number of halogens is 2. The average molecular weight is 539 g/mol. The van der Waals surface area contributed by atoms with E-state index in [2.05, 4.69) is 10.6 Å². The van der Waals surface area contributed by atoms with Crippen LogP contribution in [-0.4, -0.2) is 48.0 Å². The fourth-order valence-corrected chi connectivity index (χ4v) is 4.33. The molecule has 1 aromatic carbocycles. The second kappa shape index (κ2) is 8.82. The van der Waals surface area contributed by atoms with E-state index < -0.39 is 26.8 Å². The molecule has 1 aliphatic rings. The molecule has 1 aliphatic heterocycles. The first-order chi connectivity index (χ1) is 13.6. The van der Waals surface area contributed by atoms with E-state index >= 15 is 0 Å². The van der Waals surface area contributed by atoms with Crippen LogP contribution in [0.2, 0.25) is 0 Å².